The third kappa shape index (κ3) is 6.03. The number of benzene rings is 1. The van der Waals surface area contributed by atoms with Crippen LogP contribution >= 0.6 is 11.3 Å². The molecule has 4 rings (SSSR count). The standard InChI is InChI=1S/C25H27N5O4S/c1-15-11-16(2)30(29-15)13-23(31)26-12-21-17(3)34-25(28-21)18-5-7-19(8-6-18)27-24(32)22-10-9-20(35-22)14-33-4/h5-11H,12-14H2,1-4H3,(H,26,31)(H,27,32). The van der Waals surface area contributed by atoms with E-state index < -0.39 is 0 Å². The van der Waals surface area contributed by atoms with E-state index in [1.54, 1.807) is 30.0 Å². The average molecular weight is 494 g/mol. The SMILES string of the molecule is COCc1ccc(C(=O)Nc2ccc(-c3nc(CNC(=O)Cn4nc(C)cc4C)c(C)o3)cc2)s1. The molecule has 0 aliphatic carbocycles. The monoisotopic (exact) mass is 493 g/mol. The summed E-state index contributed by atoms with van der Waals surface area (Å²) in [6, 6.07) is 12.9. The summed E-state index contributed by atoms with van der Waals surface area (Å²) in [6.07, 6.45) is 0. The van der Waals surface area contributed by atoms with E-state index in [2.05, 4.69) is 20.7 Å². The molecule has 3 aromatic heterocycles. The van der Waals surface area contributed by atoms with Crippen LogP contribution in [0.3, 0.4) is 0 Å². The number of aryl methyl sites for hydroxylation is 3. The predicted octanol–water partition coefficient (Wildman–Crippen LogP) is 4.24. The van der Waals surface area contributed by atoms with Gasteiger partial charge in [-0.25, -0.2) is 4.98 Å². The van der Waals surface area contributed by atoms with Gasteiger partial charge in [-0.2, -0.15) is 5.10 Å². The van der Waals surface area contributed by atoms with Crippen LogP contribution in [-0.2, 0) is 29.2 Å². The number of carbonyl (C=O) groups excluding carboxylic acids is 2. The van der Waals surface area contributed by atoms with Gasteiger partial charge in [0.15, 0.2) is 0 Å². The second kappa shape index (κ2) is 10.7. The van der Waals surface area contributed by atoms with Gasteiger partial charge in [-0.05, 0) is 63.2 Å². The predicted molar refractivity (Wildman–Crippen MR) is 133 cm³/mol. The van der Waals surface area contributed by atoms with Crippen molar-refractivity contribution in [1.29, 1.82) is 0 Å². The highest BCUT2D eigenvalue weighted by Crippen LogP contribution is 2.24. The molecule has 2 N–H and O–H groups in total. The fourth-order valence-electron chi connectivity index (χ4n) is 3.53. The lowest BCUT2D eigenvalue weighted by Gasteiger charge is -2.05. The largest absolute Gasteiger partial charge is 0.441 e. The first-order valence-corrected chi connectivity index (χ1v) is 11.9. The summed E-state index contributed by atoms with van der Waals surface area (Å²) in [7, 11) is 1.62. The number of rotatable bonds is 9. The number of carbonyl (C=O) groups is 2. The summed E-state index contributed by atoms with van der Waals surface area (Å²) in [5.41, 5.74) is 3.90. The van der Waals surface area contributed by atoms with Crippen LogP contribution < -0.4 is 10.6 Å². The van der Waals surface area contributed by atoms with Crippen molar-refractivity contribution in [2.24, 2.45) is 0 Å². The molecule has 182 valence electrons. The van der Waals surface area contributed by atoms with E-state index in [-0.39, 0.29) is 24.9 Å². The van der Waals surface area contributed by atoms with E-state index >= 15 is 0 Å². The molecule has 10 heteroatoms. The van der Waals surface area contributed by atoms with Gasteiger partial charge in [0.05, 0.1) is 23.7 Å². The first-order chi connectivity index (χ1) is 16.8. The number of hydrogen-bond donors (Lipinski definition) is 2. The highest BCUT2D eigenvalue weighted by molar-refractivity contribution is 7.14. The smallest absolute Gasteiger partial charge is 0.265 e. The quantitative estimate of drug-likeness (QED) is 0.361. The number of oxazole rings is 1. The third-order valence-electron chi connectivity index (χ3n) is 5.30. The Morgan fingerprint density at radius 2 is 1.89 bits per heavy atom. The molecule has 0 saturated carbocycles. The van der Waals surface area contributed by atoms with Crippen LogP contribution in [0.4, 0.5) is 5.69 Å². The number of anilines is 1. The van der Waals surface area contributed by atoms with Gasteiger partial charge in [0, 0.05) is 28.9 Å². The normalized spacial score (nSPS) is 11.0. The molecule has 3 heterocycles. The number of methoxy groups -OCH3 is 1. The molecular formula is C25H27N5O4S. The molecule has 9 nitrogen and oxygen atoms in total. The van der Waals surface area contributed by atoms with Gasteiger partial charge in [0.2, 0.25) is 11.8 Å². The number of hydrogen-bond acceptors (Lipinski definition) is 7. The van der Waals surface area contributed by atoms with Crippen LogP contribution in [0.5, 0.6) is 0 Å². The molecule has 4 aromatic rings. The van der Waals surface area contributed by atoms with Gasteiger partial charge >= 0.3 is 0 Å². The topological polar surface area (TPSA) is 111 Å². The van der Waals surface area contributed by atoms with Crippen molar-refractivity contribution in [3.05, 3.63) is 75.1 Å². The molecule has 1 aromatic carbocycles. The molecule has 0 bridgehead atoms. The lowest BCUT2D eigenvalue weighted by molar-refractivity contribution is -0.122. The molecule has 0 aliphatic heterocycles. The van der Waals surface area contributed by atoms with Crippen molar-refractivity contribution >= 4 is 28.8 Å². The van der Waals surface area contributed by atoms with Crippen LogP contribution in [0.15, 0.2) is 46.9 Å². The van der Waals surface area contributed by atoms with E-state index in [1.165, 1.54) is 11.3 Å². The first kappa shape index (κ1) is 24.4. The minimum absolute atomic E-state index is 0.149. The molecular weight excluding hydrogens is 466 g/mol. The van der Waals surface area contributed by atoms with Crippen molar-refractivity contribution in [1.82, 2.24) is 20.1 Å². The molecule has 0 radical (unpaired) electrons. The average Bonchev–Trinajstić information content (AvgIpc) is 3.52. The molecule has 0 aliphatic rings. The second-order valence-electron chi connectivity index (χ2n) is 8.11. The van der Waals surface area contributed by atoms with Crippen molar-refractivity contribution in [2.75, 3.05) is 12.4 Å². The van der Waals surface area contributed by atoms with Gasteiger partial charge < -0.3 is 19.8 Å². The van der Waals surface area contributed by atoms with Crippen molar-refractivity contribution < 1.29 is 18.7 Å². The molecule has 0 saturated heterocycles. The Morgan fingerprint density at radius 1 is 1.11 bits per heavy atom. The second-order valence-corrected chi connectivity index (χ2v) is 9.28. The zero-order valence-electron chi connectivity index (χ0n) is 20.0. The zero-order chi connectivity index (χ0) is 24.9. The Kier molecular flexibility index (Phi) is 7.42. The highest BCUT2D eigenvalue weighted by Gasteiger charge is 2.14. The van der Waals surface area contributed by atoms with Crippen molar-refractivity contribution in [2.45, 2.75) is 40.5 Å². The highest BCUT2D eigenvalue weighted by atomic mass is 32.1. The summed E-state index contributed by atoms with van der Waals surface area (Å²) >= 11 is 1.40. The summed E-state index contributed by atoms with van der Waals surface area (Å²) < 4.78 is 12.6. The Hall–Kier alpha value is -3.76. The zero-order valence-corrected chi connectivity index (χ0v) is 20.9. The van der Waals surface area contributed by atoms with Crippen LogP contribution in [-0.4, -0.2) is 33.7 Å². The summed E-state index contributed by atoms with van der Waals surface area (Å²) in [6.45, 7) is 6.51. The van der Waals surface area contributed by atoms with Crippen molar-refractivity contribution in [3.8, 4) is 11.5 Å². The van der Waals surface area contributed by atoms with E-state index in [4.69, 9.17) is 9.15 Å². The van der Waals surface area contributed by atoms with E-state index in [0.717, 1.165) is 21.8 Å². The van der Waals surface area contributed by atoms with E-state index in [0.29, 0.717) is 34.5 Å². The Labute approximate surface area is 207 Å². The minimum Gasteiger partial charge on any atom is -0.441 e. The Balaban J connectivity index is 1.35. The molecule has 0 atom stereocenters. The van der Waals surface area contributed by atoms with Gasteiger partial charge in [-0.3, -0.25) is 14.3 Å². The first-order valence-electron chi connectivity index (χ1n) is 11.1. The summed E-state index contributed by atoms with van der Waals surface area (Å²) in [5, 5.41) is 10.1. The molecule has 0 unspecified atom stereocenters. The van der Waals surface area contributed by atoms with Gasteiger partial charge in [0.1, 0.15) is 18.0 Å². The molecule has 0 spiro atoms. The maximum Gasteiger partial charge on any atom is 0.265 e. The number of nitrogens with zero attached hydrogens (tertiary/aromatic N) is 3. The molecule has 35 heavy (non-hydrogen) atoms. The summed E-state index contributed by atoms with van der Waals surface area (Å²) in [4.78, 5) is 31.0. The number of thiophene rings is 1. The lowest BCUT2D eigenvalue weighted by Crippen LogP contribution is -2.28. The number of amides is 2. The number of ether oxygens (including phenoxy) is 1. The Bertz CT molecular complexity index is 1340. The van der Waals surface area contributed by atoms with Crippen LogP contribution in [0.25, 0.3) is 11.5 Å². The fraction of sp³-hybridized carbons (Fsp3) is 0.280. The van der Waals surface area contributed by atoms with Gasteiger partial charge in [-0.1, -0.05) is 0 Å². The van der Waals surface area contributed by atoms with E-state index in [1.807, 2.05) is 45.0 Å². The Morgan fingerprint density at radius 3 is 2.57 bits per heavy atom. The summed E-state index contributed by atoms with van der Waals surface area (Å²) in [5.74, 6) is 0.759. The van der Waals surface area contributed by atoms with E-state index in [9.17, 15) is 9.59 Å². The fourth-order valence-corrected chi connectivity index (χ4v) is 4.41. The minimum atomic E-state index is -0.171. The van der Waals surface area contributed by atoms with Crippen LogP contribution in [0, 0.1) is 20.8 Å². The number of aromatic nitrogens is 3. The maximum atomic E-state index is 12.5. The molecule has 2 amide bonds. The van der Waals surface area contributed by atoms with Gasteiger partial charge in [0.25, 0.3) is 5.91 Å². The number of nitrogens with one attached hydrogen (secondary N) is 2. The molecule has 0 fully saturated rings. The van der Waals surface area contributed by atoms with Gasteiger partial charge in [-0.15, -0.1) is 11.3 Å². The third-order valence-corrected chi connectivity index (χ3v) is 6.36. The maximum absolute atomic E-state index is 12.5. The van der Waals surface area contributed by atoms with Crippen LogP contribution in [0.2, 0.25) is 0 Å². The van der Waals surface area contributed by atoms with Crippen LogP contribution in [0.1, 0.15) is 37.4 Å². The lowest BCUT2D eigenvalue weighted by atomic mass is 10.2. The van der Waals surface area contributed by atoms with Crippen molar-refractivity contribution in [3.63, 3.8) is 0 Å².